The molecule has 0 atom stereocenters. The molecule has 2 N–H and O–H groups in total. The Morgan fingerprint density at radius 1 is 0.914 bits per heavy atom. The number of benzene rings is 2. The first-order chi connectivity index (χ1) is 16.7. The lowest BCUT2D eigenvalue weighted by molar-refractivity contribution is -0.153. The van der Waals surface area contributed by atoms with Crippen molar-refractivity contribution in [2.45, 2.75) is 19.0 Å². The van der Waals surface area contributed by atoms with Crippen molar-refractivity contribution in [3.05, 3.63) is 101 Å². The number of aromatic nitrogens is 3. The highest BCUT2D eigenvalue weighted by atomic mass is 19.4. The largest absolute Gasteiger partial charge is 0.505 e. The van der Waals surface area contributed by atoms with Gasteiger partial charge >= 0.3 is 6.18 Å². The van der Waals surface area contributed by atoms with E-state index in [1.54, 1.807) is 0 Å². The fraction of sp³-hybridized carbons (Fsp3) is 0.120. The van der Waals surface area contributed by atoms with Gasteiger partial charge in [-0.1, -0.05) is 36.4 Å². The second-order valence-electron chi connectivity index (χ2n) is 7.87. The lowest BCUT2D eigenvalue weighted by Crippen LogP contribution is -2.05. The van der Waals surface area contributed by atoms with E-state index < -0.39 is 23.5 Å². The Kier molecular flexibility index (Phi) is 5.43. The number of alkyl halides is 3. The van der Waals surface area contributed by atoms with Gasteiger partial charge in [-0.3, -0.25) is 9.38 Å². The minimum absolute atomic E-state index is 0.0216. The van der Waals surface area contributed by atoms with Crippen molar-refractivity contribution in [3.63, 3.8) is 0 Å². The first-order valence-corrected chi connectivity index (χ1v) is 10.5. The van der Waals surface area contributed by atoms with Gasteiger partial charge in [0.2, 0.25) is 11.6 Å². The second kappa shape index (κ2) is 8.46. The number of furan rings is 1. The lowest BCUT2D eigenvalue weighted by Gasteiger charge is -2.13. The molecular weight excluding hydrogens is 466 g/mol. The van der Waals surface area contributed by atoms with Crippen LogP contribution in [0.2, 0.25) is 0 Å². The fourth-order valence-electron chi connectivity index (χ4n) is 3.92. The number of phenolic OH excluding ortho intramolecular Hbond substituents is 1. The van der Waals surface area contributed by atoms with E-state index in [9.17, 15) is 27.8 Å². The van der Waals surface area contributed by atoms with Crippen LogP contribution in [0.3, 0.4) is 0 Å². The number of hydrogen-bond donors (Lipinski definition) is 2. The number of imidazole rings is 1. The summed E-state index contributed by atoms with van der Waals surface area (Å²) < 4.78 is 59.7. The molecule has 5 aromatic rings. The molecule has 0 aliphatic carbocycles. The van der Waals surface area contributed by atoms with E-state index in [1.165, 1.54) is 34.9 Å². The summed E-state index contributed by atoms with van der Waals surface area (Å²) in [6.45, 7) is 0. The number of fused-ring (bicyclic) bond motifs is 1. The molecule has 0 aliphatic rings. The SMILES string of the molecule is Oc1cccc(-c2ncc3nc(Cc4ccc(C(F)(F)F)o4)c(O)n3c2Cc2ccccc2)c1F. The summed E-state index contributed by atoms with van der Waals surface area (Å²) >= 11 is 0. The van der Waals surface area contributed by atoms with E-state index in [1.807, 2.05) is 30.3 Å². The monoisotopic (exact) mass is 483 g/mol. The Morgan fingerprint density at radius 2 is 1.69 bits per heavy atom. The van der Waals surface area contributed by atoms with E-state index in [2.05, 4.69) is 9.97 Å². The smallest absolute Gasteiger partial charge is 0.449 e. The van der Waals surface area contributed by atoms with Crippen LogP contribution >= 0.6 is 0 Å². The highest BCUT2D eigenvalue weighted by Crippen LogP contribution is 2.35. The van der Waals surface area contributed by atoms with Crippen LogP contribution in [0.4, 0.5) is 17.6 Å². The van der Waals surface area contributed by atoms with Gasteiger partial charge in [-0.25, -0.2) is 9.37 Å². The standard InChI is InChI=1S/C25H17F4N3O3/c26-22-16(7-4-8-19(22)33)23-18(11-14-5-2-1-3-6-14)32-21(13-30-23)31-17(24(32)34)12-15-9-10-20(35-15)25(27,28)29/h1-10,13,33-34H,11-12H2. The van der Waals surface area contributed by atoms with Gasteiger partial charge < -0.3 is 14.6 Å². The molecule has 0 fully saturated rings. The molecule has 0 bridgehead atoms. The first kappa shape index (κ1) is 22.5. The van der Waals surface area contributed by atoms with Crippen LogP contribution in [0.1, 0.15) is 28.5 Å². The van der Waals surface area contributed by atoms with Crippen LogP contribution in [-0.2, 0) is 19.0 Å². The van der Waals surface area contributed by atoms with Gasteiger partial charge in [0.05, 0.1) is 24.0 Å². The van der Waals surface area contributed by atoms with Gasteiger partial charge in [0.1, 0.15) is 11.5 Å². The van der Waals surface area contributed by atoms with E-state index in [4.69, 9.17) is 4.42 Å². The molecule has 3 aromatic heterocycles. The molecule has 35 heavy (non-hydrogen) atoms. The van der Waals surface area contributed by atoms with Crippen LogP contribution in [0.5, 0.6) is 11.6 Å². The average Bonchev–Trinajstić information content (AvgIpc) is 3.42. The third kappa shape index (κ3) is 4.18. The van der Waals surface area contributed by atoms with E-state index in [0.29, 0.717) is 5.69 Å². The van der Waals surface area contributed by atoms with Crippen LogP contribution in [0.25, 0.3) is 16.9 Å². The second-order valence-corrected chi connectivity index (χ2v) is 7.87. The molecular formula is C25H17F4N3O3. The fourth-order valence-corrected chi connectivity index (χ4v) is 3.92. The maximum absolute atomic E-state index is 14.8. The molecule has 0 unspecified atom stereocenters. The third-order valence-electron chi connectivity index (χ3n) is 5.53. The predicted octanol–water partition coefficient (Wildman–Crippen LogP) is 5.74. The van der Waals surface area contributed by atoms with E-state index in [-0.39, 0.29) is 47.1 Å². The Hall–Kier alpha value is -4.34. The van der Waals surface area contributed by atoms with Gasteiger partial charge in [-0.2, -0.15) is 13.2 Å². The van der Waals surface area contributed by atoms with Crippen LogP contribution in [0.15, 0.2) is 71.3 Å². The van der Waals surface area contributed by atoms with Gasteiger partial charge in [0.25, 0.3) is 0 Å². The Balaban J connectivity index is 1.66. The summed E-state index contributed by atoms with van der Waals surface area (Å²) in [4.78, 5) is 8.68. The number of halogens is 4. The Bertz CT molecular complexity index is 1520. The minimum atomic E-state index is -4.63. The zero-order valence-corrected chi connectivity index (χ0v) is 17.9. The summed E-state index contributed by atoms with van der Waals surface area (Å²) in [5.74, 6) is -2.94. The molecule has 0 radical (unpaired) electrons. The third-order valence-corrected chi connectivity index (χ3v) is 5.53. The topological polar surface area (TPSA) is 83.8 Å². The van der Waals surface area contributed by atoms with E-state index in [0.717, 1.165) is 11.6 Å². The van der Waals surface area contributed by atoms with E-state index >= 15 is 0 Å². The average molecular weight is 483 g/mol. The molecule has 2 aromatic carbocycles. The number of phenols is 1. The molecule has 10 heteroatoms. The summed E-state index contributed by atoms with van der Waals surface area (Å²) in [6, 6.07) is 15.3. The number of hydrogen-bond acceptors (Lipinski definition) is 5. The van der Waals surface area contributed by atoms with Crippen LogP contribution in [0, 0.1) is 5.82 Å². The highest BCUT2D eigenvalue weighted by molar-refractivity contribution is 5.67. The zero-order valence-electron chi connectivity index (χ0n) is 17.9. The maximum Gasteiger partial charge on any atom is 0.449 e. The molecule has 3 heterocycles. The molecule has 6 nitrogen and oxygen atoms in total. The van der Waals surface area contributed by atoms with Crippen molar-refractivity contribution < 1.29 is 32.2 Å². The molecule has 178 valence electrons. The number of aromatic hydroxyl groups is 2. The van der Waals surface area contributed by atoms with Crippen molar-refractivity contribution in [1.29, 1.82) is 0 Å². The Labute approximate surface area is 195 Å². The van der Waals surface area contributed by atoms with Gasteiger partial charge in [-0.15, -0.1) is 0 Å². The molecule has 0 aliphatic heterocycles. The van der Waals surface area contributed by atoms with Gasteiger partial charge in [0.15, 0.2) is 17.2 Å². The van der Waals surface area contributed by atoms with Crippen molar-refractivity contribution in [2.75, 3.05) is 0 Å². The molecule has 0 saturated heterocycles. The van der Waals surface area contributed by atoms with Crippen molar-refractivity contribution >= 4 is 5.65 Å². The summed E-state index contributed by atoms with van der Waals surface area (Å²) in [6.07, 6.45) is -3.30. The van der Waals surface area contributed by atoms with Crippen molar-refractivity contribution in [2.24, 2.45) is 0 Å². The number of rotatable bonds is 5. The molecule has 0 spiro atoms. The maximum atomic E-state index is 14.8. The normalized spacial score (nSPS) is 11.9. The van der Waals surface area contributed by atoms with Gasteiger partial charge in [-0.05, 0) is 29.8 Å². The van der Waals surface area contributed by atoms with Crippen molar-refractivity contribution in [1.82, 2.24) is 14.4 Å². The van der Waals surface area contributed by atoms with Crippen LogP contribution < -0.4 is 0 Å². The minimum Gasteiger partial charge on any atom is -0.505 e. The zero-order chi connectivity index (χ0) is 24.7. The lowest BCUT2D eigenvalue weighted by atomic mass is 10.0. The predicted molar refractivity (Wildman–Crippen MR) is 117 cm³/mol. The summed E-state index contributed by atoms with van der Waals surface area (Å²) in [5, 5.41) is 20.9. The Morgan fingerprint density at radius 3 is 2.40 bits per heavy atom. The quantitative estimate of drug-likeness (QED) is 0.312. The van der Waals surface area contributed by atoms with Gasteiger partial charge in [0, 0.05) is 12.0 Å². The number of nitrogens with zero attached hydrogens (tertiary/aromatic N) is 3. The highest BCUT2D eigenvalue weighted by Gasteiger charge is 2.35. The first-order valence-electron chi connectivity index (χ1n) is 10.5. The van der Waals surface area contributed by atoms with Crippen molar-refractivity contribution in [3.8, 4) is 22.9 Å². The summed E-state index contributed by atoms with van der Waals surface area (Å²) in [7, 11) is 0. The van der Waals surface area contributed by atoms with Crippen LogP contribution in [-0.4, -0.2) is 24.6 Å². The molecule has 5 rings (SSSR count). The summed E-state index contributed by atoms with van der Waals surface area (Å²) in [5.41, 5.74) is 1.69. The molecule has 0 saturated carbocycles. The molecule has 0 amide bonds.